The monoisotopic (exact) mass is 751 g/mol. The van der Waals surface area contributed by atoms with Crippen molar-refractivity contribution in [3.63, 3.8) is 0 Å². The molecule has 9 rings (SSSR count). The number of nitriles is 1. The Bertz CT molecular complexity index is 3190. The maximum Gasteiger partial charge on any atom is 0.137 e. The summed E-state index contributed by atoms with van der Waals surface area (Å²) in [6.07, 6.45) is 2.08. The molecule has 0 fully saturated rings. The van der Waals surface area contributed by atoms with E-state index in [1.807, 2.05) is 91.1 Å². The first-order chi connectivity index (χ1) is 31.0. The van der Waals surface area contributed by atoms with Crippen LogP contribution in [-0.4, -0.2) is 22.8 Å². The van der Waals surface area contributed by atoms with Gasteiger partial charge in [0.05, 0.1) is 47.6 Å². The van der Waals surface area contributed by atoms with Gasteiger partial charge in [-0.25, -0.2) is 4.98 Å². The molecule has 8 aromatic rings. The van der Waals surface area contributed by atoms with Crippen molar-refractivity contribution in [1.82, 2.24) is 9.55 Å². The van der Waals surface area contributed by atoms with Crippen molar-refractivity contribution < 1.29 is 15.7 Å². The van der Waals surface area contributed by atoms with Crippen molar-refractivity contribution in [3.05, 3.63) is 179 Å². The summed E-state index contributed by atoms with van der Waals surface area (Å²) in [6, 6.07) is 36.9. The number of aromatic nitrogens is 2. The molecular weight excluding hydrogens is 699 g/mol. The SMILES string of the molecule is [2H]c1c([2H])c([2H])c(-c2cccc(C([2H])([2H])[2H])c2CCN2CN(c3cccc(COc4ccc5c6cc(C#N)ccc6n(-c6cc(C(C)(C)C)ccn6)c5c4)c3)c3ccccc32)c([2H])c1[2H]. The van der Waals surface area contributed by atoms with E-state index < -0.39 is 25.0 Å². The molecule has 3 heterocycles. The molecule has 57 heavy (non-hydrogen) atoms. The van der Waals surface area contributed by atoms with Crippen LogP contribution >= 0.6 is 0 Å². The number of hydrogen-bond acceptors (Lipinski definition) is 5. The van der Waals surface area contributed by atoms with Crippen LogP contribution in [0.25, 0.3) is 38.8 Å². The Morgan fingerprint density at radius 2 is 1.67 bits per heavy atom. The fourth-order valence-corrected chi connectivity index (χ4v) is 7.81. The van der Waals surface area contributed by atoms with Crippen LogP contribution in [0.5, 0.6) is 5.75 Å². The van der Waals surface area contributed by atoms with Crippen molar-refractivity contribution >= 4 is 38.9 Å². The predicted molar refractivity (Wildman–Crippen MR) is 234 cm³/mol. The number of pyridine rings is 1. The molecule has 1 aliphatic heterocycles. The largest absolute Gasteiger partial charge is 0.489 e. The highest BCUT2D eigenvalue weighted by atomic mass is 16.5. The van der Waals surface area contributed by atoms with Crippen LogP contribution in [0.1, 0.15) is 59.6 Å². The number of hydrogen-bond donors (Lipinski definition) is 0. The summed E-state index contributed by atoms with van der Waals surface area (Å²) in [4.78, 5) is 9.16. The molecule has 6 heteroatoms. The van der Waals surface area contributed by atoms with Gasteiger partial charge in [-0.2, -0.15) is 5.26 Å². The number of ether oxygens (including phenoxy) is 1. The predicted octanol–water partition coefficient (Wildman–Crippen LogP) is 12.1. The van der Waals surface area contributed by atoms with Crippen molar-refractivity contribution in [2.45, 2.75) is 46.1 Å². The number of rotatable bonds is 9. The number of para-hydroxylation sites is 2. The Kier molecular flexibility index (Phi) is 7.13. The number of anilines is 3. The molecule has 0 amide bonds. The average Bonchev–Trinajstić information content (AvgIpc) is 3.83. The minimum absolute atomic E-state index is 0.0148. The van der Waals surface area contributed by atoms with E-state index in [0.29, 0.717) is 42.3 Å². The van der Waals surface area contributed by atoms with Gasteiger partial charge in [-0.05, 0) is 119 Å². The van der Waals surface area contributed by atoms with Gasteiger partial charge >= 0.3 is 0 Å². The van der Waals surface area contributed by atoms with Crippen molar-refractivity contribution in [3.8, 4) is 28.8 Å². The van der Waals surface area contributed by atoms with E-state index >= 15 is 0 Å². The highest BCUT2D eigenvalue weighted by Gasteiger charge is 2.27. The summed E-state index contributed by atoms with van der Waals surface area (Å²) in [6.45, 7) is 5.17. The van der Waals surface area contributed by atoms with Gasteiger partial charge in [0.1, 0.15) is 18.2 Å². The Balaban J connectivity index is 0.996. The van der Waals surface area contributed by atoms with Gasteiger partial charge in [-0.1, -0.05) is 93.4 Å². The minimum Gasteiger partial charge on any atom is -0.489 e. The quantitative estimate of drug-likeness (QED) is 0.147. The maximum atomic E-state index is 9.74. The highest BCUT2D eigenvalue weighted by molar-refractivity contribution is 6.10. The summed E-state index contributed by atoms with van der Waals surface area (Å²) in [5.74, 6) is 1.46. The first-order valence-electron chi connectivity index (χ1n) is 23.0. The van der Waals surface area contributed by atoms with Gasteiger partial charge < -0.3 is 14.5 Å². The number of nitrogens with zero attached hydrogens (tertiary/aromatic N) is 5. The molecule has 0 atom stereocenters. The molecule has 6 aromatic carbocycles. The zero-order valence-corrected chi connectivity index (χ0v) is 32.0. The number of benzene rings is 6. The zero-order valence-electron chi connectivity index (χ0n) is 40.0. The smallest absolute Gasteiger partial charge is 0.137 e. The Hall–Kier alpha value is -6.84. The topological polar surface area (TPSA) is 57.3 Å². The molecule has 0 radical (unpaired) electrons. The minimum atomic E-state index is -2.50. The number of fused-ring (bicyclic) bond motifs is 4. The molecule has 1 aliphatic rings. The molecule has 0 aliphatic carbocycles. The molecule has 0 saturated heterocycles. The van der Waals surface area contributed by atoms with E-state index in [-0.39, 0.29) is 35.0 Å². The van der Waals surface area contributed by atoms with Crippen LogP contribution in [0.15, 0.2) is 152 Å². The maximum absolute atomic E-state index is 9.74. The van der Waals surface area contributed by atoms with Gasteiger partial charge in [0.25, 0.3) is 0 Å². The third-order valence-electron chi connectivity index (χ3n) is 10.7. The van der Waals surface area contributed by atoms with E-state index in [1.165, 1.54) is 6.07 Å². The molecule has 0 unspecified atom stereocenters. The fraction of sp³-hybridized carbons (Fsp3) is 0.176. The lowest BCUT2D eigenvalue weighted by Gasteiger charge is -2.23. The standard InChI is InChI=1S/C51H45N5O/c1-35-12-10-17-43(38-14-6-5-7-15-38)42(35)25-27-54-34-55(48-19-9-8-18-47(48)54)40-16-11-13-37(28-40)33-57-41-21-22-44-45-29-36(32-52)20-23-46(45)56(49(44)31-41)50-30-39(24-26-53-50)51(2,3)4/h5-24,26,28-31H,25,27,33-34H2,1-4H3/i1D3,5D,6D,7D,14D,15D. The van der Waals surface area contributed by atoms with Crippen LogP contribution in [0.3, 0.4) is 0 Å². The van der Waals surface area contributed by atoms with Gasteiger partial charge in [-0.3, -0.25) is 4.57 Å². The molecule has 0 spiro atoms. The van der Waals surface area contributed by atoms with Crippen LogP contribution in [0.2, 0.25) is 0 Å². The lowest BCUT2D eigenvalue weighted by Crippen LogP contribution is -2.30. The molecule has 0 saturated carbocycles. The summed E-state index contributed by atoms with van der Waals surface area (Å²) in [5, 5.41) is 11.7. The van der Waals surface area contributed by atoms with Gasteiger partial charge in [0.15, 0.2) is 0 Å². The van der Waals surface area contributed by atoms with Crippen molar-refractivity contribution in [2.75, 3.05) is 23.0 Å². The summed E-state index contributed by atoms with van der Waals surface area (Å²) >= 11 is 0. The second kappa shape index (κ2) is 14.7. The second-order valence-corrected chi connectivity index (χ2v) is 15.4. The lowest BCUT2D eigenvalue weighted by molar-refractivity contribution is 0.306. The number of aryl methyl sites for hydroxylation is 1. The normalized spacial score (nSPS) is 14.8. The van der Waals surface area contributed by atoms with E-state index in [0.717, 1.165) is 55.8 Å². The van der Waals surface area contributed by atoms with Crippen LogP contribution in [0.4, 0.5) is 17.1 Å². The second-order valence-electron chi connectivity index (χ2n) is 15.4. The average molecular weight is 752 g/mol. The first-order valence-corrected chi connectivity index (χ1v) is 19.0. The third kappa shape index (κ3) is 6.87. The van der Waals surface area contributed by atoms with Crippen LogP contribution < -0.4 is 14.5 Å². The molecule has 280 valence electrons. The summed E-state index contributed by atoms with van der Waals surface area (Å²) in [7, 11) is 0. The van der Waals surface area contributed by atoms with E-state index in [9.17, 15) is 5.26 Å². The van der Waals surface area contributed by atoms with Crippen LogP contribution in [0, 0.1) is 18.2 Å². The molecule has 0 bridgehead atoms. The van der Waals surface area contributed by atoms with Gasteiger partial charge in [0.2, 0.25) is 0 Å². The Morgan fingerprint density at radius 1 is 0.825 bits per heavy atom. The zero-order chi connectivity index (χ0) is 45.9. The van der Waals surface area contributed by atoms with E-state index in [4.69, 9.17) is 20.7 Å². The van der Waals surface area contributed by atoms with Crippen molar-refractivity contribution in [1.29, 1.82) is 5.26 Å². The van der Waals surface area contributed by atoms with Gasteiger partial charge in [-0.15, -0.1) is 0 Å². The van der Waals surface area contributed by atoms with E-state index in [1.54, 1.807) is 12.1 Å². The molecule has 0 N–H and O–H groups in total. The third-order valence-corrected chi connectivity index (χ3v) is 10.7. The van der Waals surface area contributed by atoms with Crippen LogP contribution in [-0.2, 0) is 18.4 Å². The lowest BCUT2D eigenvalue weighted by atomic mass is 9.88. The molecule has 6 nitrogen and oxygen atoms in total. The Morgan fingerprint density at radius 3 is 2.49 bits per heavy atom. The molecule has 2 aromatic heterocycles. The molecular formula is C51H45N5O. The highest BCUT2D eigenvalue weighted by Crippen LogP contribution is 2.41. The van der Waals surface area contributed by atoms with Crippen molar-refractivity contribution in [2.24, 2.45) is 0 Å². The summed E-state index contributed by atoms with van der Waals surface area (Å²) < 4.78 is 75.9. The summed E-state index contributed by atoms with van der Waals surface area (Å²) in [5.41, 5.74) is 8.13. The Labute approximate surface area is 346 Å². The van der Waals surface area contributed by atoms with E-state index in [2.05, 4.69) is 53.3 Å². The van der Waals surface area contributed by atoms with Gasteiger partial charge in [0, 0.05) is 39.4 Å². The fourth-order valence-electron chi connectivity index (χ4n) is 7.81. The first kappa shape index (κ1) is 27.7.